The van der Waals surface area contributed by atoms with Crippen LogP contribution in [0.2, 0.25) is 5.02 Å². The zero-order chi connectivity index (χ0) is 14.7. The average Bonchev–Trinajstić information content (AvgIpc) is 2.97. The van der Waals surface area contributed by atoms with Crippen molar-refractivity contribution in [1.29, 1.82) is 0 Å². The van der Waals surface area contributed by atoms with Gasteiger partial charge in [0.15, 0.2) is 0 Å². The summed E-state index contributed by atoms with van der Waals surface area (Å²) in [6.45, 7) is 2.17. The summed E-state index contributed by atoms with van der Waals surface area (Å²) >= 11 is 5.91. The first-order valence-corrected chi connectivity index (χ1v) is 7.59. The molecule has 0 fully saturated rings. The van der Waals surface area contributed by atoms with Gasteiger partial charge in [-0.15, -0.1) is 0 Å². The Morgan fingerprint density at radius 2 is 1.67 bits per heavy atom. The van der Waals surface area contributed by atoms with Crippen LogP contribution in [0.4, 0.5) is 0 Å². The Bertz CT molecular complexity index is 631. The van der Waals surface area contributed by atoms with Gasteiger partial charge in [0, 0.05) is 11.4 Å². The summed E-state index contributed by atoms with van der Waals surface area (Å²) in [4.78, 5) is 5.64. The molecule has 0 aromatic heterocycles. The second-order valence-corrected chi connectivity index (χ2v) is 5.66. The molecule has 0 spiro atoms. The molecular formula is C18H18ClNO. The van der Waals surface area contributed by atoms with E-state index in [1.165, 1.54) is 11.1 Å². The second kappa shape index (κ2) is 6.33. The molecule has 0 saturated heterocycles. The molecule has 0 saturated carbocycles. The van der Waals surface area contributed by atoms with Gasteiger partial charge in [0.1, 0.15) is 6.10 Å². The number of benzene rings is 2. The quantitative estimate of drug-likeness (QED) is 0.904. The molecule has 0 aliphatic carbocycles. The minimum absolute atomic E-state index is 0.0585. The van der Waals surface area contributed by atoms with Gasteiger partial charge >= 0.3 is 0 Å². The van der Waals surface area contributed by atoms with Crippen LogP contribution < -0.4 is 5.48 Å². The molecule has 1 heterocycles. The Kier molecular flexibility index (Phi) is 4.28. The predicted octanol–water partition coefficient (Wildman–Crippen LogP) is 4.39. The standard InChI is InChI=1S/C18H18ClNO/c1-2-13-3-5-14(6-4-13)11-17-12-18(20-21-17)15-7-9-16(19)10-8-15/h3-10,12,17,20H,2,11H2,1H3. The van der Waals surface area contributed by atoms with Crippen molar-refractivity contribution < 1.29 is 4.84 Å². The van der Waals surface area contributed by atoms with Crippen LogP contribution in [0.15, 0.2) is 54.6 Å². The summed E-state index contributed by atoms with van der Waals surface area (Å²) in [6, 6.07) is 16.5. The predicted molar refractivity (Wildman–Crippen MR) is 87.0 cm³/mol. The highest BCUT2D eigenvalue weighted by Gasteiger charge is 2.17. The van der Waals surface area contributed by atoms with Crippen LogP contribution in [0.25, 0.3) is 5.70 Å². The molecule has 1 aliphatic rings. The Hall–Kier alpha value is -1.77. The van der Waals surface area contributed by atoms with Gasteiger partial charge in [-0.1, -0.05) is 54.9 Å². The highest BCUT2D eigenvalue weighted by molar-refractivity contribution is 6.30. The summed E-state index contributed by atoms with van der Waals surface area (Å²) in [5.41, 5.74) is 7.74. The number of halogens is 1. The van der Waals surface area contributed by atoms with Crippen LogP contribution in [0.5, 0.6) is 0 Å². The van der Waals surface area contributed by atoms with Crippen LogP contribution in [-0.4, -0.2) is 6.10 Å². The largest absolute Gasteiger partial charge is 0.268 e. The topological polar surface area (TPSA) is 21.3 Å². The molecule has 108 valence electrons. The van der Waals surface area contributed by atoms with E-state index in [1.54, 1.807) is 0 Å². The fraction of sp³-hybridized carbons (Fsp3) is 0.222. The lowest BCUT2D eigenvalue weighted by Crippen LogP contribution is -2.14. The summed E-state index contributed by atoms with van der Waals surface area (Å²) in [7, 11) is 0. The highest BCUT2D eigenvalue weighted by atomic mass is 35.5. The lowest BCUT2D eigenvalue weighted by atomic mass is 10.0. The van der Waals surface area contributed by atoms with Crippen molar-refractivity contribution >= 4 is 17.3 Å². The molecule has 2 nitrogen and oxygen atoms in total. The molecule has 1 unspecified atom stereocenters. The first kappa shape index (κ1) is 14.2. The van der Waals surface area contributed by atoms with Crippen LogP contribution in [0.3, 0.4) is 0 Å². The van der Waals surface area contributed by atoms with Gasteiger partial charge in [-0.25, -0.2) is 0 Å². The lowest BCUT2D eigenvalue weighted by Gasteiger charge is -2.08. The smallest absolute Gasteiger partial charge is 0.110 e. The van der Waals surface area contributed by atoms with Crippen molar-refractivity contribution in [2.24, 2.45) is 0 Å². The van der Waals surface area contributed by atoms with Gasteiger partial charge in [0.05, 0.1) is 5.70 Å². The summed E-state index contributed by atoms with van der Waals surface area (Å²) < 4.78 is 0. The van der Waals surface area contributed by atoms with E-state index in [-0.39, 0.29) is 6.10 Å². The van der Waals surface area contributed by atoms with Crippen LogP contribution in [0, 0.1) is 0 Å². The fourth-order valence-corrected chi connectivity index (χ4v) is 2.55. The van der Waals surface area contributed by atoms with E-state index in [9.17, 15) is 0 Å². The van der Waals surface area contributed by atoms with Crippen molar-refractivity contribution in [1.82, 2.24) is 5.48 Å². The average molecular weight is 300 g/mol. The number of hydrogen-bond donors (Lipinski definition) is 1. The van der Waals surface area contributed by atoms with Gasteiger partial charge in [0.2, 0.25) is 0 Å². The number of hydroxylamine groups is 1. The fourth-order valence-electron chi connectivity index (χ4n) is 2.42. The van der Waals surface area contributed by atoms with E-state index in [0.29, 0.717) is 0 Å². The zero-order valence-corrected chi connectivity index (χ0v) is 12.7. The van der Waals surface area contributed by atoms with Gasteiger partial charge in [-0.05, 0) is 41.3 Å². The lowest BCUT2D eigenvalue weighted by molar-refractivity contribution is 0.0519. The third-order valence-corrected chi connectivity index (χ3v) is 3.95. The van der Waals surface area contributed by atoms with Gasteiger partial charge in [-0.2, -0.15) is 0 Å². The summed E-state index contributed by atoms with van der Waals surface area (Å²) in [6.07, 6.45) is 4.12. The zero-order valence-electron chi connectivity index (χ0n) is 12.0. The van der Waals surface area contributed by atoms with E-state index in [1.807, 2.05) is 24.3 Å². The summed E-state index contributed by atoms with van der Waals surface area (Å²) in [5, 5.41) is 0.742. The minimum atomic E-state index is 0.0585. The molecule has 1 atom stereocenters. The van der Waals surface area contributed by atoms with Crippen LogP contribution >= 0.6 is 11.6 Å². The van der Waals surface area contributed by atoms with E-state index in [4.69, 9.17) is 16.4 Å². The van der Waals surface area contributed by atoms with Crippen molar-refractivity contribution in [2.45, 2.75) is 25.9 Å². The monoisotopic (exact) mass is 299 g/mol. The highest BCUT2D eigenvalue weighted by Crippen LogP contribution is 2.22. The number of hydrogen-bond acceptors (Lipinski definition) is 2. The van der Waals surface area contributed by atoms with E-state index in [0.717, 1.165) is 29.1 Å². The molecule has 1 aliphatic heterocycles. The molecule has 1 N–H and O–H groups in total. The molecule has 3 rings (SSSR count). The Balaban J connectivity index is 1.68. The molecule has 0 bridgehead atoms. The summed E-state index contributed by atoms with van der Waals surface area (Å²) in [5.74, 6) is 0. The number of aryl methyl sites for hydroxylation is 1. The third kappa shape index (κ3) is 3.46. The minimum Gasteiger partial charge on any atom is -0.268 e. The van der Waals surface area contributed by atoms with Crippen LogP contribution in [0.1, 0.15) is 23.6 Å². The number of nitrogens with one attached hydrogen (secondary N) is 1. The third-order valence-electron chi connectivity index (χ3n) is 3.70. The van der Waals surface area contributed by atoms with Crippen molar-refractivity contribution in [2.75, 3.05) is 0 Å². The van der Waals surface area contributed by atoms with Crippen LogP contribution in [-0.2, 0) is 17.7 Å². The first-order chi connectivity index (χ1) is 10.2. The van der Waals surface area contributed by atoms with Crippen molar-refractivity contribution in [3.05, 3.63) is 76.3 Å². The Labute approximate surface area is 130 Å². The molecular weight excluding hydrogens is 282 g/mol. The maximum absolute atomic E-state index is 5.91. The Morgan fingerprint density at radius 3 is 2.33 bits per heavy atom. The van der Waals surface area contributed by atoms with E-state index < -0.39 is 0 Å². The van der Waals surface area contributed by atoms with E-state index >= 15 is 0 Å². The van der Waals surface area contributed by atoms with Gasteiger partial charge in [0.25, 0.3) is 0 Å². The normalized spacial score (nSPS) is 17.4. The second-order valence-electron chi connectivity index (χ2n) is 5.22. The van der Waals surface area contributed by atoms with E-state index in [2.05, 4.69) is 42.7 Å². The molecule has 0 amide bonds. The first-order valence-electron chi connectivity index (χ1n) is 7.22. The molecule has 0 radical (unpaired) electrons. The Morgan fingerprint density at radius 1 is 1.00 bits per heavy atom. The SMILES string of the molecule is CCc1ccc(CC2C=C(c3ccc(Cl)cc3)NO2)cc1. The van der Waals surface area contributed by atoms with Crippen molar-refractivity contribution in [3.63, 3.8) is 0 Å². The van der Waals surface area contributed by atoms with Gasteiger partial charge < -0.3 is 0 Å². The maximum atomic E-state index is 5.91. The molecule has 3 heteroatoms. The maximum Gasteiger partial charge on any atom is 0.110 e. The molecule has 2 aromatic carbocycles. The van der Waals surface area contributed by atoms with Gasteiger partial charge in [-0.3, -0.25) is 10.3 Å². The molecule has 21 heavy (non-hydrogen) atoms. The van der Waals surface area contributed by atoms with Crippen molar-refractivity contribution in [3.8, 4) is 0 Å². The molecule has 2 aromatic rings. The number of rotatable bonds is 4.